The number of ether oxygens (including phenoxy) is 1. The summed E-state index contributed by atoms with van der Waals surface area (Å²) in [6.45, 7) is 9.46. The standard InChI is InChI=1S/C42H52N6O5S/c1-25(2)47-24-43-38(42(50)48-31-13-14-32(48)23-45(5)22-31)39(47)30-18-29-19-33(53-6)15-17-34(29)40-37(27-10-8-7-9-11-27)35-16-12-28(20-36(35)46(40)21-30)41(49)44-54(51,52)26(3)4/h12,15-20,24-27,31-32H,7-11,13-14,21-23H2,1-6H3,(H,44,49). The number of hydrogen-bond donors (Lipinski definition) is 1. The summed E-state index contributed by atoms with van der Waals surface area (Å²) in [6, 6.07) is 12.1. The number of rotatable bonds is 8. The van der Waals surface area contributed by atoms with Crippen molar-refractivity contribution in [1.29, 1.82) is 0 Å². The molecular weight excluding hydrogens is 701 g/mol. The Morgan fingerprint density at radius 2 is 1.65 bits per heavy atom. The molecule has 286 valence electrons. The zero-order valence-corrected chi connectivity index (χ0v) is 33.1. The van der Waals surface area contributed by atoms with Crippen molar-refractivity contribution in [2.24, 2.45) is 0 Å². The number of piperazine rings is 1. The smallest absolute Gasteiger partial charge is 0.275 e. The molecule has 1 saturated carbocycles. The largest absolute Gasteiger partial charge is 0.497 e. The molecule has 4 aliphatic rings. The molecule has 1 N–H and O–H groups in total. The van der Waals surface area contributed by atoms with Crippen LogP contribution >= 0.6 is 0 Å². The first-order valence-electron chi connectivity index (χ1n) is 19.6. The van der Waals surface area contributed by atoms with E-state index in [1.165, 1.54) is 12.0 Å². The summed E-state index contributed by atoms with van der Waals surface area (Å²) in [4.78, 5) is 37.6. The minimum Gasteiger partial charge on any atom is -0.497 e. The van der Waals surface area contributed by atoms with E-state index in [9.17, 15) is 18.0 Å². The van der Waals surface area contributed by atoms with Gasteiger partial charge in [0, 0.05) is 53.2 Å². The van der Waals surface area contributed by atoms with Crippen molar-refractivity contribution >= 4 is 44.4 Å². The lowest BCUT2D eigenvalue weighted by atomic mass is 9.81. The molecule has 0 spiro atoms. The minimum absolute atomic E-state index is 0.0215. The van der Waals surface area contributed by atoms with Gasteiger partial charge in [-0.05, 0) is 119 Å². The summed E-state index contributed by atoms with van der Waals surface area (Å²) in [6.07, 6.45) is 11.6. The SMILES string of the molecule is COc1ccc2c(c1)C=C(c1c(C(=O)N3C4CCC3CN(C)C4)ncn1C(C)C)Cn1c-2c(C2CCCCC2)c2ccc(C(=O)NS(=O)(=O)C(C)C)cc21. The number of hydrogen-bond acceptors (Lipinski definition) is 7. The monoisotopic (exact) mass is 752 g/mol. The van der Waals surface area contributed by atoms with Gasteiger partial charge in [0.2, 0.25) is 10.0 Å². The Kier molecular flexibility index (Phi) is 9.49. The summed E-state index contributed by atoms with van der Waals surface area (Å²) >= 11 is 0. The average Bonchev–Trinajstić information content (AvgIpc) is 3.77. The molecule has 8 rings (SSSR count). The molecule has 4 aromatic rings. The average molecular weight is 753 g/mol. The summed E-state index contributed by atoms with van der Waals surface area (Å²) in [7, 11) is -0.0294. The number of aromatic nitrogens is 3. The maximum absolute atomic E-state index is 14.7. The molecule has 2 unspecified atom stereocenters. The highest BCUT2D eigenvalue weighted by Gasteiger charge is 2.43. The molecule has 2 saturated heterocycles. The van der Waals surface area contributed by atoms with Crippen LogP contribution in [0.1, 0.15) is 122 Å². The number of allylic oxidation sites excluding steroid dienone is 1. The molecule has 2 aromatic carbocycles. The van der Waals surface area contributed by atoms with Crippen LogP contribution in [0.5, 0.6) is 5.75 Å². The summed E-state index contributed by atoms with van der Waals surface area (Å²) < 4.78 is 38.0. The third-order valence-corrected chi connectivity index (χ3v) is 13.9. The van der Waals surface area contributed by atoms with Crippen LogP contribution in [0.3, 0.4) is 0 Å². The van der Waals surface area contributed by atoms with Crippen LogP contribution in [0.2, 0.25) is 0 Å². The van der Waals surface area contributed by atoms with E-state index in [1.54, 1.807) is 27.0 Å². The van der Waals surface area contributed by atoms with Crippen molar-refractivity contribution in [2.45, 2.75) is 108 Å². The first-order chi connectivity index (χ1) is 25.9. The summed E-state index contributed by atoms with van der Waals surface area (Å²) in [5.74, 6) is 0.386. The highest BCUT2D eigenvalue weighted by molar-refractivity contribution is 7.90. The van der Waals surface area contributed by atoms with Gasteiger partial charge in [-0.25, -0.2) is 18.1 Å². The fraction of sp³-hybridized carbons (Fsp3) is 0.500. The Morgan fingerprint density at radius 3 is 2.31 bits per heavy atom. The molecule has 0 radical (unpaired) electrons. The Labute approximate surface area is 318 Å². The molecule has 5 heterocycles. The number of nitrogens with zero attached hydrogens (tertiary/aromatic N) is 5. The topological polar surface area (TPSA) is 119 Å². The second-order valence-electron chi connectivity index (χ2n) is 16.3. The Hall–Kier alpha value is -4.42. The molecule has 2 atom stereocenters. The second-order valence-corrected chi connectivity index (χ2v) is 18.6. The zero-order chi connectivity index (χ0) is 38.1. The van der Waals surface area contributed by atoms with Crippen molar-refractivity contribution in [3.8, 4) is 17.0 Å². The molecule has 3 fully saturated rings. The molecule has 2 amide bonds. The molecular formula is C42H52N6O5S. The van der Waals surface area contributed by atoms with Gasteiger partial charge in [0.25, 0.3) is 11.8 Å². The van der Waals surface area contributed by atoms with Crippen molar-refractivity contribution in [3.05, 3.63) is 70.8 Å². The Bertz CT molecular complexity index is 2260. The number of likely N-dealkylation sites (N-methyl/N-ethyl adjacent to an activating group) is 1. The maximum atomic E-state index is 14.7. The lowest BCUT2D eigenvalue weighted by Crippen LogP contribution is -2.54. The third kappa shape index (κ3) is 6.24. The highest BCUT2D eigenvalue weighted by atomic mass is 32.2. The molecule has 2 bridgehead atoms. The van der Waals surface area contributed by atoms with E-state index in [2.05, 4.69) is 62.8 Å². The van der Waals surface area contributed by atoms with Crippen LogP contribution in [-0.4, -0.2) is 88.7 Å². The predicted molar refractivity (Wildman–Crippen MR) is 212 cm³/mol. The Balaban J connectivity index is 1.34. The number of imidazole rings is 1. The van der Waals surface area contributed by atoms with E-state index in [0.717, 1.165) is 96.4 Å². The fourth-order valence-electron chi connectivity index (χ4n) is 9.43. The van der Waals surface area contributed by atoms with Crippen LogP contribution in [0, 0.1) is 0 Å². The van der Waals surface area contributed by atoms with E-state index in [4.69, 9.17) is 9.72 Å². The van der Waals surface area contributed by atoms with Crippen LogP contribution in [0.15, 0.2) is 42.7 Å². The number of benzene rings is 2. The van der Waals surface area contributed by atoms with Crippen molar-refractivity contribution < 1.29 is 22.7 Å². The van der Waals surface area contributed by atoms with E-state index in [0.29, 0.717) is 18.2 Å². The summed E-state index contributed by atoms with van der Waals surface area (Å²) in [5, 5.41) is 0.309. The van der Waals surface area contributed by atoms with Crippen LogP contribution in [0.4, 0.5) is 0 Å². The quantitative estimate of drug-likeness (QED) is 0.204. The van der Waals surface area contributed by atoms with E-state index in [1.807, 2.05) is 24.5 Å². The van der Waals surface area contributed by atoms with Crippen molar-refractivity contribution in [2.75, 3.05) is 27.2 Å². The van der Waals surface area contributed by atoms with Gasteiger partial charge in [0.1, 0.15) is 5.75 Å². The molecule has 2 aromatic heterocycles. The zero-order valence-electron chi connectivity index (χ0n) is 32.3. The number of likely N-dealkylation sites (tertiary alicyclic amines) is 1. The number of carbonyl (C=O) groups excluding carboxylic acids is 2. The molecule has 12 heteroatoms. The third-order valence-electron chi connectivity index (χ3n) is 12.2. The predicted octanol–water partition coefficient (Wildman–Crippen LogP) is 7.08. The molecule has 3 aliphatic heterocycles. The molecule has 1 aliphatic carbocycles. The van der Waals surface area contributed by atoms with Gasteiger partial charge in [-0.15, -0.1) is 0 Å². The van der Waals surface area contributed by atoms with Crippen molar-refractivity contribution in [1.82, 2.24) is 28.6 Å². The number of methoxy groups -OCH3 is 1. The lowest BCUT2D eigenvalue weighted by molar-refractivity contribution is 0.0467. The van der Waals surface area contributed by atoms with Crippen LogP contribution < -0.4 is 9.46 Å². The first-order valence-corrected chi connectivity index (χ1v) is 21.1. The molecule has 54 heavy (non-hydrogen) atoms. The Morgan fingerprint density at radius 1 is 0.926 bits per heavy atom. The highest BCUT2D eigenvalue weighted by Crippen LogP contribution is 2.48. The number of fused-ring (bicyclic) bond motifs is 7. The van der Waals surface area contributed by atoms with Crippen LogP contribution in [-0.2, 0) is 16.6 Å². The molecule has 11 nitrogen and oxygen atoms in total. The number of sulfonamides is 1. The first kappa shape index (κ1) is 36.6. The van der Waals surface area contributed by atoms with Crippen LogP contribution in [0.25, 0.3) is 33.8 Å². The lowest BCUT2D eigenvalue weighted by Gasteiger charge is -2.39. The van der Waals surface area contributed by atoms with Gasteiger partial charge in [0.05, 0.1) is 36.6 Å². The van der Waals surface area contributed by atoms with E-state index < -0.39 is 21.2 Å². The van der Waals surface area contributed by atoms with Crippen molar-refractivity contribution in [3.63, 3.8) is 0 Å². The summed E-state index contributed by atoms with van der Waals surface area (Å²) in [5.41, 5.74) is 7.72. The maximum Gasteiger partial charge on any atom is 0.275 e. The normalized spacial score (nSPS) is 20.6. The minimum atomic E-state index is -3.84. The van der Waals surface area contributed by atoms with Gasteiger partial charge in [-0.1, -0.05) is 25.3 Å². The van der Waals surface area contributed by atoms with E-state index >= 15 is 0 Å². The van der Waals surface area contributed by atoms with Gasteiger partial charge in [-0.2, -0.15) is 0 Å². The number of carbonyl (C=O) groups is 2. The van der Waals surface area contributed by atoms with Gasteiger partial charge in [-0.3, -0.25) is 9.59 Å². The second kappa shape index (κ2) is 14.0. The van der Waals surface area contributed by atoms with Gasteiger partial charge in [0.15, 0.2) is 5.69 Å². The number of amides is 2. The number of nitrogens with one attached hydrogen (secondary N) is 1. The fourth-order valence-corrected chi connectivity index (χ4v) is 10.0. The van der Waals surface area contributed by atoms with E-state index in [-0.39, 0.29) is 29.6 Å². The van der Waals surface area contributed by atoms with Gasteiger partial charge < -0.3 is 23.7 Å². The van der Waals surface area contributed by atoms with Gasteiger partial charge >= 0.3 is 0 Å².